The van der Waals surface area contributed by atoms with E-state index in [4.69, 9.17) is 0 Å². The summed E-state index contributed by atoms with van der Waals surface area (Å²) >= 11 is 1.56. The zero-order chi connectivity index (χ0) is 14.2. The molecule has 1 aliphatic carbocycles. The largest absolute Gasteiger partial charge is 0.302 e. The van der Waals surface area contributed by atoms with Crippen LogP contribution in [0.2, 0.25) is 0 Å². The van der Waals surface area contributed by atoms with Gasteiger partial charge >= 0.3 is 0 Å². The normalized spacial score (nSPS) is 15.8. The van der Waals surface area contributed by atoms with Gasteiger partial charge in [-0.3, -0.25) is 4.79 Å². The van der Waals surface area contributed by atoms with Gasteiger partial charge in [-0.1, -0.05) is 54.5 Å². The molecule has 1 amide bonds. The van der Waals surface area contributed by atoms with Crippen molar-refractivity contribution >= 4 is 43.4 Å². The number of thiazole rings is 1. The van der Waals surface area contributed by atoms with Gasteiger partial charge in [0.1, 0.15) is 0 Å². The fourth-order valence-corrected chi connectivity index (χ4v) is 4.00. The van der Waals surface area contributed by atoms with E-state index in [2.05, 4.69) is 34.6 Å². The molecule has 0 saturated heterocycles. The summed E-state index contributed by atoms with van der Waals surface area (Å²) in [5.41, 5.74) is 0.986. The second-order valence-electron chi connectivity index (χ2n) is 5.62. The first kappa shape index (κ1) is 12.8. The molecular weight excluding hydrogens is 280 g/mol. The van der Waals surface area contributed by atoms with Crippen molar-refractivity contribution < 1.29 is 4.79 Å². The van der Waals surface area contributed by atoms with Crippen molar-refractivity contribution in [2.45, 2.75) is 25.7 Å². The number of nitrogens with one attached hydrogen (secondary N) is 1. The van der Waals surface area contributed by atoms with E-state index in [0.717, 1.165) is 33.6 Å². The maximum Gasteiger partial charge on any atom is 0.229 e. The Morgan fingerprint density at radius 2 is 1.95 bits per heavy atom. The Labute approximate surface area is 127 Å². The van der Waals surface area contributed by atoms with Gasteiger partial charge in [-0.25, -0.2) is 4.98 Å². The number of hydrogen-bond donors (Lipinski definition) is 1. The summed E-state index contributed by atoms with van der Waals surface area (Å²) in [6, 6.07) is 12.4. The summed E-state index contributed by atoms with van der Waals surface area (Å²) in [5.74, 6) is 0.310. The van der Waals surface area contributed by atoms with E-state index in [0.29, 0.717) is 0 Å². The molecule has 1 aromatic heterocycles. The number of nitrogens with zero attached hydrogens (tertiary/aromatic N) is 1. The van der Waals surface area contributed by atoms with Crippen molar-refractivity contribution in [1.29, 1.82) is 0 Å². The average Bonchev–Trinajstić information content (AvgIpc) is 3.16. The first-order valence-electron chi connectivity index (χ1n) is 7.40. The Kier molecular flexibility index (Phi) is 3.11. The van der Waals surface area contributed by atoms with Gasteiger partial charge < -0.3 is 5.32 Å². The van der Waals surface area contributed by atoms with E-state index < -0.39 is 0 Å². The molecule has 1 aliphatic rings. The van der Waals surface area contributed by atoms with Crippen molar-refractivity contribution in [3.05, 3.63) is 36.4 Å². The van der Waals surface area contributed by atoms with Crippen molar-refractivity contribution in [1.82, 2.24) is 4.98 Å². The van der Waals surface area contributed by atoms with Gasteiger partial charge in [0.2, 0.25) is 5.91 Å². The number of carbonyl (C=O) groups is 1. The van der Waals surface area contributed by atoms with Crippen LogP contribution in [0, 0.1) is 5.92 Å². The average molecular weight is 296 g/mol. The Hall–Kier alpha value is -1.94. The molecule has 4 heteroatoms. The van der Waals surface area contributed by atoms with Crippen LogP contribution in [0.5, 0.6) is 0 Å². The smallest absolute Gasteiger partial charge is 0.229 e. The van der Waals surface area contributed by atoms with Gasteiger partial charge in [0.25, 0.3) is 0 Å². The summed E-state index contributed by atoms with van der Waals surface area (Å²) in [5, 5.41) is 6.06. The second-order valence-corrected chi connectivity index (χ2v) is 6.65. The van der Waals surface area contributed by atoms with Gasteiger partial charge in [-0.2, -0.15) is 0 Å². The van der Waals surface area contributed by atoms with E-state index in [9.17, 15) is 4.79 Å². The summed E-state index contributed by atoms with van der Waals surface area (Å²) in [7, 11) is 0. The van der Waals surface area contributed by atoms with E-state index >= 15 is 0 Å². The molecular formula is C17H16N2OS. The number of amides is 1. The van der Waals surface area contributed by atoms with Gasteiger partial charge in [-0.15, -0.1) is 0 Å². The van der Waals surface area contributed by atoms with Crippen molar-refractivity contribution in [3.8, 4) is 0 Å². The third kappa shape index (κ3) is 2.29. The molecule has 3 aromatic rings. The lowest BCUT2D eigenvalue weighted by Gasteiger charge is -2.07. The molecule has 0 spiro atoms. The Morgan fingerprint density at radius 3 is 2.81 bits per heavy atom. The van der Waals surface area contributed by atoms with E-state index in [1.165, 1.54) is 18.2 Å². The lowest BCUT2D eigenvalue weighted by atomic mass is 10.1. The van der Waals surface area contributed by atoms with Crippen LogP contribution in [0.25, 0.3) is 21.0 Å². The Balaban J connectivity index is 1.70. The van der Waals surface area contributed by atoms with Crippen LogP contribution in [0.15, 0.2) is 36.4 Å². The zero-order valence-corrected chi connectivity index (χ0v) is 12.5. The molecule has 0 aliphatic heterocycles. The number of carbonyl (C=O) groups excluding carboxylic acids is 1. The highest BCUT2D eigenvalue weighted by atomic mass is 32.1. The highest BCUT2D eigenvalue weighted by Crippen LogP contribution is 2.33. The molecule has 2 aromatic carbocycles. The predicted molar refractivity (Wildman–Crippen MR) is 87.7 cm³/mol. The zero-order valence-electron chi connectivity index (χ0n) is 11.6. The topological polar surface area (TPSA) is 42.0 Å². The summed E-state index contributed by atoms with van der Waals surface area (Å²) in [6.45, 7) is 0. The van der Waals surface area contributed by atoms with Crippen molar-refractivity contribution in [2.24, 2.45) is 5.92 Å². The fraction of sp³-hybridized carbons (Fsp3) is 0.294. The molecule has 1 saturated carbocycles. The number of aromatic nitrogens is 1. The second kappa shape index (κ2) is 5.11. The van der Waals surface area contributed by atoms with Gasteiger partial charge in [0.15, 0.2) is 5.13 Å². The minimum Gasteiger partial charge on any atom is -0.302 e. The molecule has 1 heterocycles. The minimum atomic E-state index is 0.135. The first-order valence-corrected chi connectivity index (χ1v) is 8.22. The minimum absolute atomic E-state index is 0.135. The van der Waals surface area contributed by atoms with Crippen molar-refractivity contribution in [3.63, 3.8) is 0 Å². The number of anilines is 1. The number of hydrogen-bond acceptors (Lipinski definition) is 3. The van der Waals surface area contributed by atoms with Crippen LogP contribution in [0.1, 0.15) is 25.7 Å². The van der Waals surface area contributed by atoms with Crippen LogP contribution >= 0.6 is 11.3 Å². The monoisotopic (exact) mass is 296 g/mol. The molecule has 4 rings (SSSR count). The molecule has 0 radical (unpaired) electrons. The fourth-order valence-electron chi connectivity index (χ4n) is 3.11. The third-order valence-corrected chi connectivity index (χ3v) is 5.18. The molecule has 3 nitrogen and oxygen atoms in total. The predicted octanol–water partition coefficient (Wildman–Crippen LogP) is 4.58. The quantitative estimate of drug-likeness (QED) is 0.752. The van der Waals surface area contributed by atoms with Gasteiger partial charge in [-0.05, 0) is 24.3 Å². The van der Waals surface area contributed by atoms with Gasteiger partial charge in [0.05, 0.1) is 10.2 Å². The molecule has 0 unspecified atom stereocenters. The third-order valence-electron chi connectivity index (χ3n) is 4.24. The standard InChI is InChI=1S/C17H16N2OS/c20-16(12-6-1-2-7-12)19-17-18-15-13-8-4-3-5-11(13)9-10-14(15)21-17/h3-5,8-10,12H,1-2,6-7H2,(H,18,19,20). The summed E-state index contributed by atoms with van der Waals surface area (Å²) in [4.78, 5) is 16.8. The molecule has 0 bridgehead atoms. The van der Waals surface area contributed by atoms with E-state index in [1.54, 1.807) is 11.3 Å². The van der Waals surface area contributed by atoms with E-state index in [-0.39, 0.29) is 11.8 Å². The van der Waals surface area contributed by atoms with Gasteiger partial charge in [0, 0.05) is 11.3 Å². The first-order chi connectivity index (χ1) is 10.3. The van der Waals surface area contributed by atoms with Crippen LogP contribution in [0.4, 0.5) is 5.13 Å². The molecule has 106 valence electrons. The number of rotatable bonds is 2. The van der Waals surface area contributed by atoms with Crippen molar-refractivity contribution in [2.75, 3.05) is 5.32 Å². The van der Waals surface area contributed by atoms with Crippen LogP contribution in [-0.4, -0.2) is 10.9 Å². The lowest BCUT2D eigenvalue weighted by molar-refractivity contribution is -0.119. The summed E-state index contributed by atoms with van der Waals surface area (Å²) < 4.78 is 1.12. The number of fused-ring (bicyclic) bond motifs is 3. The Bertz CT molecular complexity index is 818. The highest BCUT2D eigenvalue weighted by molar-refractivity contribution is 7.22. The molecule has 0 atom stereocenters. The van der Waals surface area contributed by atoms with E-state index in [1.807, 2.05) is 12.1 Å². The van der Waals surface area contributed by atoms with Crippen LogP contribution in [0.3, 0.4) is 0 Å². The number of benzene rings is 2. The molecule has 21 heavy (non-hydrogen) atoms. The SMILES string of the molecule is O=C(Nc1nc2c(ccc3ccccc32)s1)C1CCCC1. The van der Waals surface area contributed by atoms with Crippen LogP contribution in [-0.2, 0) is 4.79 Å². The molecule has 1 fully saturated rings. The maximum absolute atomic E-state index is 12.2. The summed E-state index contributed by atoms with van der Waals surface area (Å²) in [6.07, 6.45) is 4.37. The lowest BCUT2D eigenvalue weighted by Crippen LogP contribution is -2.20. The molecule has 1 N–H and O–H groups in total. The highest BCUT2D eigenvalue weighted by Gasteiger charge is 2.23. The Morgan fingerprint density at radius 1 is 1.14 bits per heavy atom. The maximum atomic E-state index is 12.2. The van der Waals surface area contributed by atoms with Crippen LogP contribution < -0.4 is 5.32 Å².